The van der Waals surface area contributed by atoms with Crippen LogP contribution in [0.15, 0.2) is 11.6 Å². The predicted molar refractivity (Wildman–Crippen MR) is 61.3 cm³/mol. The van der Waals surface area contributed by atoms with Gasteiger partial charge in [-0.2, -0.15) is 0 Å². The molecule has 0 aromatic carbocycles. The van der Waals surface area contributed by atoms with Gasteiger partial charge in [0.1, 0.15) is 0 Å². The molecule has 0 bridgehead atoms. The first-order chi connectivity index (χ1) is 7.43. The van der Waals surface area contributed by atoms with E-state index in [2.05, 4.69) is 13.8 Å². The third kappa shape index (κ3) is 8.03. The average molecular weight is 228 g/mol. The van der Waals surface area contributed by atoms with E-state index in [4.69, 9.17) is 10.2 Å². The molecule has 0 atom stereocenters. The Labute approximate surface area is 96.0 Å². The minimum absolute atomic E-state index is 0.0166. The number of carboxylic acids is 2. The SMILES string of the molecule is CC(C)CCCCC/C(=C/C(=O)O)C(=O)O. The lowest BCUT2D eigenvalue weighted by molar-refractivity contribution is -0.135. The minimum Gasteiger partial charge on any atom is -0.478 e. The Bertz CT molecular complexity index is 266. The monoisotopic (exact) mass is 228 g/mol. The van der Waals surface area contributed by atoms with Crippen molar-refractivity contribution in [3.63, 3.8) is 0 Å². The van der Waals surface area contributed by atoms with Gasteiger partial charge in [0.15, 0.2) is 0 Å². The molecule has 0 saturated heterocycles. The molecule has 4 heteroatoms. The van der Waals surface area contributed by atoms with E-state index in [0.29, 0.717) is 12.3 Å². The Morgan fingerprint density at radius 2 is 1.75 bits per heavy atom. The van der Waals surface area contributed by atoms with Crippen molar-refractivity contribution in [2.24, 2.45) is 5.92 Å². The van der Waals surface area contributed by atoms with E-state index < -0.39 is 11.9 Å². The summed E-state index contributed by atoms with van der Waals surface area (Å²) in [6.07, 6.45) is 4.99. The molecule has 16 heavy (non-hydrogen) atoms. The van der Waals surface area contributed by atoms with Crippen LogP contribution in [-0.4, -0.2) is 22.2 Å². The van der Waals surface area contributed by atoms with E-state index in [1.807, 2.05) is 0 Å². The van der Waals surface area contributed by atoms with E-state index in [1.54, 1.807) is 0 Å². The molecular weight excluding hydrogens is 208 g/mol. The third-order valence-corrected chi connectivity index (χ3v) is 2.30. The van der Waals surface area contributed by atoms with Gasteiger partial charge in [0, 0.05) is 11.6 Å². The van der Waals surface area contributed by atoms with Crippen molar-refractivity contribution in [1.82, 2.24) is 0 Å². The van der Waals surface area contributed by atoms with Gasteiger partial charge in [-0.1, -0.05) is 33.1 Å². The summed E-state index contributed by atoms with van der Waals surface area (Å²) < 4.78 is 0. The topological polar surface area (TPSA) is 74.6 Å². The highest BCUT2D eigenvalue weighted by molar-refractivity contribution is 5.94. The van der Waals surface area contributed by atoms with Crippen LogP contribution in [0.4, 0.5) is 0 Å². The molecular formula is C12H20O4. The quantitative estimate of drug-likeness (QED) is 0.494. The predicted octanol–water partition coefficient (Wildman–Crippen LogP) is 2.69. The molecule has 2 N–H and O–H groups in total. The average Bonchev–Trinajstić information content (AvgIpc) is 2.14. The van der Waals surface area contributed by atoms with Gasteiger partial charge < -0.3 is 10.2 Å². The lowest BCUT2D eigenvalue weighted by Crippen LogP contribution is -2.04. The van der Waals surface area contributed by atoms with E-state index in [9.17, 15) is 9.59 Å². The maximum Gasteiger partial charge on any atom is 0.331 e. The summed E-state index contributed by atoms with van der Waals surface area (Å²) in [5.74, 6) is -1.67. The fraction of sp³-hybridized carbons (Fsp3) is 0.667. The van der Waals surface area contributed by atoms with Gasteiger partial charge in [0.2, 0.25) is 0 Å². The van der Waals surface area contributed by atoms with Crippen LogP contribution in [0.5, 0.6) is 0 Å². The van der Waals surface area contributed by atoms with E-state index in [0.717, 1.165) is 31.8 Å². The van der Waals surface area contributed by atoms with Crippen LogP contribution in [0.3, 0.4) is 0 Å². The molecule has 0 fully saturated rings. The Morgan fingerprint density at radius 3 is 2.19 bits per heavy atom. The van der Waals surface area contributed by atoms with Crippen molar-refractivity contribution in [3.05, 3.63) is 11.6 Å². The van der Waals surface area contributed by atoms with Crippen molar-refractivity contribution >= 4 is 11.9 Å². The molecule has 0 heterocycles. The van der Waals surface area contributed by atoms with Crippen molar-refractivity contribution in [1.29, 1.82) is 0 Å². The number of hydrogen-bond donors (Lipinski definition) is 2. The van der Waals surface area contributed by atoms with E-state index in [1.165, 1.54) is 0 Å². The van der Waals surface area contributed by atoms with Crippen LogP contribution in [0.1, 0.15) is 46.0 Å². The highest BCUT2D eigenvalue weighted by atomic mass is 16.4. The molecule has 0 aromatic rings. The van der Waals surface area contributed by atoms with Crippen molar-refractivity contribution in [2.75, 3.05) is 0 Å². The molecule has 0 unspecified atom stereocenters. The molecule has 4 nitrogen and oxygen atoms in total. The second-order valence-corrected chi connectivity index (χ2v) is 4.31. The van der Waals surface area contributed by atoms with Crippen molar-refractivity contribution < 1.29 is 19.8 Å². The Balaban J connectivity index is 3.87. The van der Waals surface area contributed by atoms with Gasteiger partial charge in [0.25, 0.3) is 0 Å². The number of carbonyl (C=O) groups is 2. The molecule has 0 rings (SSSR count). The summed E-state index contributed by atoms with van der Waals surface area (Å²) in [6.45, 7) is 4.29. The summed E-state index contributed by atoms with van der Waals surface area (Å²) in [5.41, 5.74) is -0.0166. The fourth-order valence-electron chi connectivity index (χ4n) is 1.43. The van der Waals surface area contributed by atoms with Crippen molar-refractivity contribution in [3.8, 4) is 0 Å². The number of rotatable bonds is 8. The second-order valence-electron chi connectivity index (χ2n) is 4.31. The van der Waals surface area contributed by atoms with Crippen LogP contribution >= 0.6 is 0 Å². The highest BCUT2D eigenvalue weighted by Gasteiger charge is 2.08. The van der Waals surface area contributed by atoms with Crippen LogP contribution in [0.2, 0.25) is 0 Å². The van der Waals surface area contributed by atoms with E-state index >= 15 is 0 Å². The van der Waals surface area contributed by atoms with Gasteiger partial charge in [-0.05, 0) is 18.8 Å². The van der Waals surface area contributed by atoms with Crippen LogP contribution in [0.25, 0.3) is 0 Å². The van der Waals surface area contributed by atoms with Crippen LogP contribution < -0.4 is 0 Å². The first kappa shape index (κ1) is 14.7. The fourth-order valence-corrected chi connectivity index (χ4v) is 1.43. The van der Waals surface area contributed by atoms with Crippen LogP contribution in [0, 0.1) is 5.92 Å². The smallest absolute Gasteiger partial charge is 0.331 e. The molecule has 0 aliphatic rings. The maximum atomic E-state index is 10.7. The zero-order valence-corrected chi connectivity index (χ0v) is 9.90. The lowest BCUT2D eigenvalue weighted by Gasteiger charge is -2.04. The maximum absolute atomic E-state index is 10.7. The normalized spacial score (nSPS) is 11.8. The standard InChI is InChI=1S/C12H20O4/c1-9(2)6-4-3-5-7-10(12(15)16)8-11(13)14/h8-9H,3-7H2,1-2H3,(H,13,14)(H,15,16)/b10-8-. The molecule has 0 amide bonds. The Hall–Kier alpha value is -1.32. The molecule has 0 radical (unpaired) electrons. The highest BCUT2D eigenvalue weighted by Crippen LogP contribution is 2.13. The van der Waals surface area contributed by atoms with Gasteiger partial charge in [0.05, 0.1) is 0 Å². The first-order valence-corrected chi connectivity index (χ1v) is 5.60. The van der Waals surface area contributed by atoms with Gasteiger partial charge in [-0.3, -0.25) is 0 Å². The molecule has 92 valence electrons. The zero-order valence-electron chi connectivity index (χ0n) is 9.90. The summed E-state index contributed by atoms with van der Waals surface area (Å²) in [4.78, 5) is 21.0. The zero-order chi connectivity index (χ0) is 12.6. The number of unbranched alkanes of at least 4 members (excludes halogenated alkanes) is 2. The summed E-state index contributed by atoms with van der Waals surface area (Å²) in [7, 11) is 0. The second kappa shape index (κ2) is 7.91. The van der Waals surface area contributed by atoms with Gasteiger partial charge in [-0.15, -0.1) is 0 Å². The number of carboxylic acid groups (broad SMARTS) is 2. The van der Waals surface area contributed by atoms with Gasteiger partial charge >= 0.3 is 11.9 Å². The number of aliphatic carboxylic acids is 2. The van der Waals surface area contributed by atoms with Crippen LogP contribution in [-0.2, 0) is 9.59 Å². The lowest BCUT2D eigenvalue weighted by atomic mass is 10.0. The first-order valence-electron chi connectivity index (χ1n) is 5.60. The molecule has 0 spiro atoms. The Morgan fingerprint density at radius 1 is 1.12 bits per heavy atom. The summed E-state index contributed by atoms with van der Waals surface area (Å²) >= 11 is 0. The van der Waals surface area contributed by atoms with Crippen molar-refractivity contribution in [2.45, 2.75) is 46.0 Å². The number of hydrogen-bond acceptors (Lipinski definition) is 2. The Kier molecular flexibility index (Phi) is 7.25. The summed E-state index contributed by atoms with van der Waals surface area (Å²) in [5, 5.41) is 17.2. The molecule has 0 aliphatic carbocycles. The molecule has 0 aliphatic heterocycles. The van der Waals surface area contributed by atoms with Gasteiger partial charge in [-0.25, -0.2) is 9.59 Å². The van der Waals surface area contributed by atoms with E-state index in [-0.39, 0.29) is 5.57 Å². The largest absolute Gasteiger partial charge is 0.478 e. The minimum atomic E-state index is -1.19. The third-order valence-electron chi connectivity index (χ3n) is 2.30. The summed E-state index contributed by atoms with van der Waals surface area (Å²) in [6, 6.07) is 0. The molecule has 0 saturated carbocycles. The molecule has 0 aromatic heterocycles.